The molecule has 3 aliphatic rings. The molecular formula is C10H16O. The van der Waals surface area contributed by atoms with Crippen molar-refractivity contribution in [1.82, 2.24) is 0 Å². The number of rotatable bonds is 0. The first-order chi connectivity index (χ1) is 5.74. The lowest BCUT2D eigenvalue weighted by Gasteiger charge is -2.33. The molecule has 5 atom stereocenters. The van der Waals surface area contributed by atoms with Gasteiger partial charge in [-0.3, -0.25) is 0 Å². The van der Waals surface area contributed by atoms with Crippen LogP contribution in [0.25, 0.3) is 0 Å². The van der Waals surface area contributed by atoms with E-state index in [9.17, 15) is 5.11 Å². The van der Waals surface area contributed by atoms with Crippen LogP contribution in [0.4, 0.5) is 0 Å². The number of fused-ring (bicyclic) bond motifs is 1. The van der Waals surface area contributed by atoms with Crippen molar-refractivity contribution < 1.29 is 6.48 Å². The van der Waals surface area contributed by atoms with Gasteiger partial charge in [0.25, 0.3) is 0 Å². The van der Waals surface area contributed by atoms with Crippen molar-refractivity contribution in [3.63, 3.8) is 0 Å². The highest BCUT2D eigenvalue weighted by atomic mass is 16.3. The zero-order valence-corrected chi connectivity index (χ0v) is 6.79. The summed E-state index contributed by atoms with van der Waals surface area (Å²) < 4.78 is 7.82. The summed E-state index contributed by atoms with van der Waals surface area (Å²) in [5, 5.41) is 9.96. The Hall–Kier alpha value is -0.0400. The molecule has 1 N–H and O–H groups in total. The molecule has 3 fully saturated rings. The van der Waals surface area contributed by atoms with Crippen LogP contribution in [0.1, 0.15) is 39.9 Å². The van der Waals surface area contributed by atoms with E-state index in [-0.39, 0.29) is 17.9 Å². The van der Waals surface area contributed by atoms with Gasteiger partial charge in [-0.25, -0.2) is 0 Å². The zero-order valence-electron chi connectivity index (χ0n) is 7.79. The van der Waals surface area contributed by atoms with E-state index in [4.69, 9.17) is 1.37 Å². The lowest BCUT2D eigenvalue weighted by atomic mass is 9.75. The Morgan fingerprint density at radius 1 is 1.55 bits per heavy atom. The molecule has 11 heavy (non-hydrogen) atoms. The molecule has 2 bridgehead atoms. The van der Waals surface area contributed by atoms with Crippen molar-refractivity contribution in [2.24, 2.45) is 17.3 Å². The number of hydrogen-bond donors (Lipinski definition) is 1. The van der Waals surface area contributed by atoms with Gasteiger partial charge in [-0.05, 0) is 49.3 Å². The minimum Gasteiger partial charge on any atom is -0.393 e. The third kappa shape index (κ3) is 0.618. The minimum atomic E-state index is -0.288. The van der Waals surface area contributed by atoms with Crippen LogP contribution in [0, 0.1) is 17.3 Å². The van der Waals surface area contributed by atoms with Gasteiger partial charge in [0.05, 0.1) is 6.10 Å². The van der Waals surface area contributed by atoms with Crippen LogP contribution >= 0.6 is 0 Å². The highest BCUT2D eigenvalue weighted by molar-refractivity contribution is 5.09. The molecule has 3 saturated carbocycles. The predicted molar refractivity (Wildman–Crippen MR) is 43.1 cm³/mol. The molecule has 0 saturated heterocycles. The second-order valence-electron chi connectivity index (χ2n) is 4.66. The summed E-state index contributed by atoms with van der Waals surface area (Å²) >= 11 is 0. The average molecular weight is 153 g/mol. The van der Waals surface area contributed by atoms with Gasteiger partial charge in [-0.15, -0.1) is 0 Å². The summed E-state index contributed by atoms with van der Waals surface area (Å²) in [5.41, 5.74) is 0.219. The van der Waals surface area contributed by atoms with Gasteiger partial charge in [0, 0.05) is 1.37 Å². The minimum absolute atomic E-state index is 0.153. The molecule has 3 rings (SSSR count). The molecule has 0 aromatic carbocycles. The fourth-order valence-corrected chi connectivity index (χ4v) is 3.83. The maximum absolute atomic E-state index is 9.96. The Bertz CT molecular complexity index is 218. The first-order valence-corrected chi connectivity index (χ1v) is 4.84. The molecule has 1 nitrogen and oxygen atoms in total. The molecule has 0 amide bonds. The third-order valence-corrected chi connectivity index (χ3v) is 4.28. The molecule has 62 valence electrons. The van der Waals surface area contributed by atoms with Crippen molar-refractivity contribution in [1.29, 1.82) is 0 Å². The van der Waals surface area contributed by atoms with Crippen LogP contribution in [0.15, 0.2) is 0 Å². The monoisotopic (exact) mass is 153 g/mol. The van der Waals surface area contributed by atoms with Gasteiger partial charge in [0.1, 0.15) is 0 Å². The van der Waals surface area contributed by atoms with Crippen molar-refractivity contribution in [2.45, 2.75) is 44.6 Å². The zero-order chi connectivity index (χ0) is 8.34. The Morgan fingerprint density at radius 2 is 2.45 bits per heavy atom. The Balaban J connectivity index is 2.00. The maximum Gasteiger partial charge on any atom is 0.0601 e. The van der Waals surface area contributed by atoms with Crippen molar-refractivity contribution >= 4 is 0 Å². The summed E-state index contributed by atoms with van der Waals surface area (Å²) in [6.45, 7) is 0. The van der Waals surface area contributed by atoms with Gasteiger partial charge in [0.15, 0.2) is 0 Å². The van der Waals surface area contributed by atoms with Crippen molar-refractivity contribution in [3.05, 3.63) is 0 Å². The van der Waals surface area contributed by atoms with E-state index in [2.05, 4.69) is 0 Å². The highest BCUT2D eigenvalue weighted by Crippen LogP contribution is 2.64. The summed E-state index contributed by atoms with van der Waals surface area (Å²) in [5.74, 6) is 1.31. The van der Waals surface area contributed by atoms with Crippen LogP contribution in [-0.4, -0.2) is 11.2 Å². The largest absolute Gasteiger partial charge is 0.393 e. The van der Waals surface area contributed by atoms with Crippen LogP contribution < -0.4 is 0 Å². The molecule has 0 unspecified atom stereocenters. The molecule has 0 aromatic rings. The Kier molecular flexibility index (Phi) is 0.923. The van der Waals surface area contributed by atoms with Gasteiger partial charge < -0.3 is 5.11 Å². The van der Waals surface area contributed by atoms with Crippen LogP contribution in [-0.2, 0) is 0 Å². The molecular weight excluding hydrogens is 136 g/mol. The number of aliphatic hydroxyl groups is 1. The van der Waals surface area contributed by atoms with E-state index in [0.29, 0.717) is 5.92 Å². The smallest absolute Gasteiger partial charge is 0.0601 e. The van der Waals surface area contributed by atoms with E-state index in [1.165, 1.54) is 25.7 Å². The topological polar surface area (TPSA) is 20.2 Å². The van der Waals surface area contributed by atoms with E-state index in [1.807, 2.05) is 0 Å². The summed E-state index contributed by atoms with van der Waals surface area (Å²) in [6.07, 6.45) is 5.77. The average Bonchev–Trinajstić information content (AvgIpc) is 2.60. The van der Waals surface area contributed by atoms with Crippen LogP contribution in [0.5, 0.6) is 0 Å². The van der Waals surface area contributed by atoms with Crippen LogP contribution in [0.2, 0.25) is 0 Å². The first-order valence-electron chi connectivity index (χ1n) is 5.42. The number of hydrogen-bond acceptors (Lipinski definition) is 1. The van der Waals surface area contributed by atoms with E-state index < -0.39 is 0 Å². The van der Waals surface area contributed by atoms with Crippen molar-refractivity contribution in [3.8, 4) is 0 Å². The second-order valence-corrected chi connectivity index (χ2v) is 4.66. The molecule has 1 spiro atoms. The molecule has 1 heteroatoms. The Labute approximate surface area is 69.2 Å². The second kappa shape index (κ2) is 1.82. The maximum atomic E-state index is 9.96. The molecule has 0 heterocycles. The third-order valence-electron chi connectivity index (χ3n) is 4.28. The van der Waals surface area contributed by atoms with E-state index in [0.717, 1.165) is 12.3 Å². The summed E-state index contributed by atoms with van der Waals surface area (Å²) in [6, 6.07) is 0. The van der Waals surface area contributed by atoms with Gasteiger partial charge in [0.2, 0.25) is 0 Å². The molecule has 0 aromatic heterocycles. The quantitative estimate of drug-likeness (QED) is 0.564. The first kappa shape index (κ1) is 5.58. The van der Waals surface area contributed by atoms with Gasteiger partial charge >= 0.3 is 0 Å². The lowest BCUT2D eigenvalue weighted by Crippen LogP contribution is -2.33. The normalized spacial score (nSPS) is 68.3. The highest BCUT2D eigenvalue weighted by Gasteiger charge is 2.58. The standard InChI is InChI=1S/C10H16O/c11-9-5-7-4-8-2-1-3-10(8,9)6-7/h7-9,11H,1-6H2/t7-,8+,9-,10+/m0/s1/i5D/t5-,7+,8-,9+,10-/m1. The predicted octanol–water partition coefficient (Wildman–Crippen LogP) is 1.95. The summed E-state index contributed by atoms with van der Waals surface area (Å²) in [7, 11) is 0. The molecule has 3 aliphatic carbocycles. The fraction of sp³-hybridized carbons (Fsp3) is 1.00. The Morgan fingerprint density at radius 3 is 3.27 bits per heavy atom. The van der Waals surface area contributed by atoms with Gasteiger partial charge in [-0.2, -0.15) is 0 Å². The lowest BCUT2D eigenvalue weighted by molar-refractivity contribution is 0.0173. The molecule has 0 radical (unpaired) electrons. The van der Waals surface area contributed by atoms with Crippen molar-refractivity contribution in [2.75, 3.05) is 0 Å². The SMILES string of the molecule is [2H][C@@H]1[C@@H]2C[C@H]3CCC[C@]3(C2)[C@H]1O. The summed E-state index contributed by atoms with van der Waals surface area (Å²) in [4.78, 5) is 0. The fourth-order valence-electron chi connectivity index (χ4n) is 3.83. The van der Waals surface area contributed by atoms with E-state index in [1.54, 1.807) is 0 Å². The number of aliphatic hydroxyl groups excluding tert-OH is 1. The van der Waals surface area contributed by atoms with Gasteiger partial charge in [-0.1, -0.05) is 6.42 Å². The molecule has 0 aliphatic heterocycles. The van der Waals surface area contributed by atoms with Crippen LogP contribution in [0.3, 0.4) is 0 Å². The van der Waals surface area contributed by atoms with E-state index >= 15 is 0 Å².